The maximum Gasteiger partial charge on any atom is 0.285 e. The molecule has 1 fully saturated rings. The summed E-state index contributed by atoms with van der Waals surface area (Å²) in [6, 6.07) is 7.77. The van der Waals surface area contributed by atoms with E-state index in [-0.39, 0.29) is 28.0 Å². The van der Waals surface area contributed by atoms with Gasteiger partial charge in [0.15, 0.2) is 5.82 Å². The minimum absolute atomic E-state index is 0.0563. The summed E-state index contributed by atoms with van der Waals surface area (Å²) >= 11 is 5.86. The van der Waals surface area contributed by atoms with Gasteiger partial charge < -0.3 is 10.6 Å². The van der Waals surface area contributed by atoms with Crippen LogP contribution in [-0.2, 0) is 0 Å². The maximum absolute atomic E-state index is 14.2. The van der Waals surface area contributed by atoms with Crippen molar-refractivity contribution in [3.63, 3.8) is 0 Å². The van der Waals surface area contributed by atoms with E-state index in [4.69, 9.17) is 17.3 Å². The summed E-state index contributed by atoms with van der Waals surface area (Å²) < 4.78 is 14.2. The molecule has 0 radical (unpaired) electrons. The van der Waals surface area contributed by atoms with Gasteiger partial charge in [-0.3, -0.25) is 10.1 Å². The molecule has 29 heavy (non-hydrogen) atoms. The molecule has 0 bridgehead atoms. The van der Waals surface area contributed by atoms with Gasteiger partial charge in [-0.15, -0.1) is 0 Å². The smallest absolute Gasteiger partial charge is 0.285 e. The summed E-state index contributed by atoms with van der Waals surface area (Å²) in [7, 11) is 0. The fourth-order valence-electron chi connectivity index (χ4n) is 3.38. The standard InChI is InChI=1S/C20H15ClFN5O2/c21-15-2-1-3-17(19(15)22)26-7-6-12(10-26)4-5-13-8-16-14(9-18(13)27(28)29)20(23)25-11-24-16/h1-3,8-9,11-12H,6-7,10H2,(H2,23,24,25). The molecule has 4 rings (SSSR count). The highest BCUT2D eigenvalue weighted by Gasteiger charge is 2.24. The first kappa shape index (κ1) is 18.9. The molecule has 0 saturated carbocycles. The number of rotatable bonds is 2. The average molecular weight is 412 g/mol. The van der Waals surface area contributed by atoms with Gasteiger partial charge in [0, 0.05) is 30.5 Å². The fraction of sp³-hybridized carbons (Fsp3) is 0.200. The molecule has 2 aromatic carbocycles. The van der Waals surface area contributed by atoms with Crippen LogP contribution in [0.3, 0.4) is 0 Å². The lowest BCUT2D eigenvalue weighted by atomic mass is 10.1. The van der Waals surface area contributed by atoms with Crippen LogP contribution in [0.2, 0.25) is 5.02 Å². The van der Waals surface area contributed by atoms with E-state index in [1.807, 2.05) is 4.90 Å². The summed E-state index contributed by atoms with van der Waals surface area (Å²) in [6.45, 7) is 1.14. The number of nitrogens with zero attached hydrogens (tertiary/aromatic N) is 4. The predicted octanol–water partition coefficient (Wildman–Crippen LogP) is 3.79. The van der Waals surface area contributed by atoms with E-state index in [2.05, 4.69) is 21.8 Å². The number of benzene rings is 2. The van der Waals surface area contributed by atoms with Crippen molar-refractivity contribution in [2.75, 3.05) is 23.7 Å². The highest BCUT2D eigenvalue weighted by atomic mass is 35.5. The number of aromatic nitrogens is 2. The number of nitrogens with two attached hydrogens (primary N) is 1. The number of hydrogen-bond acceptors (Lipinski definition) is 6. The minimum Gasteiger partial charge on any atom is -0.383 e. The lowest BCUT2D eigenvalue weighted by molar-refractivity contribution is -0.385. The molecule has 2 N–H and O–H groups in total. The van der Waals surface area contributed by atoms with Crippen molar-refractivity contribution >= 4 is 39.7 Å². The first-order valence-corrected chi connectivity index (χ1v) is 9.21. The molecule has 1 aromatic heterocycles. The van der Waals surface area contributed by atoms with Gasteiger partial charge in [-0.1, -0.05) is 29.5 Å². The van der Waals surface area contributed by atoms with E-state index in [9.17, 15) is 14.5 Å². The average Bonchev–Trinajstić information content (AvgIpc) is 3.17. The van der Waals surface area contributed by atoms with E-state index in [1.165, 1.54) is 18.5 Å². The third kappa shape index (κ3) is 3.65. The van der Waals surface area contributed by atoms with Gasteiger partial charge in [0.25, 0.3) is 5.69 Å². The van der Waals surface area contributed by atoms with Crippen molar-refractivity contribution < 1.29 is 9.31 Å². The zero-order valence-electron chi connectivity index (χ0n) is 15.1. The molecule has 146 valence electrons. The van der Waals surface area contributed by atoms with Crippen LogP contribution in [0, 0.1) is 33.7 Å². The third-order valence-electron chi connectivity index (χ3n) is 4.85. The normalized spacial score (nSPS) is 15.9. The zero-order chi connectivity index (χ0) is 20.5. The Hall–Kier alpha value is -3.44. The molecule has 9 heteroatoms. The van der Waals surface area contributed by atoms with Crippen molar-refractivity contribution in [1.29, 1.82) is 0 Å². The van der Waals surface area contributed by atoms with Crippen LogP contribution in [-0.4, -0.2) is 28.0 Å². The highest BCUT2D eigenvalue weighted by Crippen LogP contribution is 2.30. The topological polar surface area (TPSA) is 98.2 Å². The molecule has 0 amide bonds. The molecule has 0 spiro atoms. The Kier molecular flexibility index (Phi) is 4.91. The van der Waals surface area contributed by atoms with Gasteiger partial charge >= 0.3 is 0 Å². The SMILES string of the molecule is Nc1ncnc2cc(C#CC3CCN(c4cccc(Cl)c4F)C3)c([N+](=O)[O-])cc12. The zero-order valence-corrected chi connectivity index (χ0v) is 15.9. The Bertz CT molecular complexity index is 1190. The van der Waals surface area contributed by atoms with Crippen LogP contribution in [0.25, 0.3) is 10.9 Å². The van der Waals surface area contributed by atoms with Crippen LogP contribution in [0.4, 0.5) is 21.6 Å². The number of nitro groups is 1. The molecule has 1 atom stereocenters. The number of anilines is 2. The number of hydrogen-bond donors (Lipinski definition) is 1. The van der Waals surface area contributed by atoms with Gasteiger partial charge in [0.1, 0.15) is 17.7 Å². The number of halogens is 2. The summed E-state index contributed by atoms with van der Waals surface area (Å²) in [5.41, 5.74) is 6.82. The predicted molar refractivity (Wildman–Crippen MR) is 109 cm³/mol. The van der Waals surface area contributed by atoms with E-state index < -0.39 is 10.7 Å². The lowest BCUT2D eigenvalue weighted by Gasteiger charge is -2.18. The molecule has 2 heterocycles. The van der Waals surface area contributed by atoms with Gasteiger partial charge in [-0.25, -0.2) is 14.4 Å². The van der Waals surface area contributed by atoms with Crippen LogP contribution >= 0.6 is 11.6 Å². The summed E-state index contributed by atoms with van der Waals surface area (Å²) in [6.07, 6.45) is 2.02. The maximum atomic E-state index is 14.2. The Balaban J connectivity index is 1.62. The van der Waals surface area contributed by atoms with Gasteiger partial charge in [-0.2, -0.15) is 0 Å². The molecular formula is C20H15ClFN5O2. The van der Waals surface area contributed by atoms with Crippen molar-refractivity contribution in [2.45, 2.75) is 6.42 Å². The Morgan fingerprint density at radius 1 is 1.34 bits per heavy atom. The van der Waals surface area contributed by atoms with Crippen LogP contribution in [0.1, 0.15) is 12.0 Å². The fourth-order valence-corrected chi connectivity index (χ4v) is 3.55. The number of nitrogen functional groups attached to an aromatic ring is 1. The lowest BCUT2D eigenvalue weighted by Crippen LogP contribution is -2.20. The molecule has 7 nitrogen and oxygen atoms in total. The van der Waals surface area contributed by atoms with Crippen molar-refractivity contribution in [3.05, 3.63) is 63.2 Å². The van der Waals surface area contributed by atoms with Crippen LogP contribution < -0.4 is 10.6 Å². The molecule has 1 aliphatic heterocycles. The summed E-state index contributed by atoms with van der Waals surface area (Å²) in [5.74, 6) is 5.65. The second-order valence-corrected chi connectivity index (χ2v) is 7.08. The van der Waals surface area contributed by atoms with Gasteiger partial charge in [0.05, 0.1) is 21.2 Å². The summed E-state index contributed by atoms with van der Waals surface area (Å²) in [4.78, 5) is 20.8. The third-order valence-corrected chi connectivity index (χ3v) is 5.14. The highest BCUT2D eigenvalue weighted by molar-refractivity contribution is 6.31. The Morgan fingerprint density at radius 3 is 2.97 bits per heavy atom. The van der Waals surface area contributed by atoms with Crippen LogP contribution in [0.5, 0.6) is 0 Å². The van der Waals surface area contributed by atoms with Gasteiger partial charge in [0.2, 0.25) is 0 Å². The first-order valence-electron chi connectivity index (χ1n) is 8.83. The Morgan fingerprint density at radius 2 is 2.17 bits per heavy atom. The molecular weight excluding hydrogens is 397 g/mol. The Labute approximate surface area is 170 Å². The van der Waals surface area contributed by atoms with Gasteiger partial charge in [-0.05, 0) is 24.6 Å². The second-order valence-electron chi connectivity index (χ2n) is 6.68. The number of nitro benzene ring substituents is 1. The van der Waals surface area contributed by atoms with E-state index in [0.29, 0.717) is 29.7 Å². The second kappa shape index (κ2) is 7.53. The van der Waals surface area contributed by atoms with E-state index in [1.54, 1.807) is 18.2 Å². The molecule has 0 aliphatic carbocycles. The molecule has 1 aliphatic rings. The van der Waals surface area contributed by atoms with Crippen LogP contribution in [0.15, 0.2) is 36.7 Å². The first-order chi connectivity index (χ1) is 13.9. The number of fused-ring (bicyclic) bond motifs is 1. The molecule has 1 saturated heterocycles. The quantitative estimate of drug-likeness (QED) is 0.391. The van der Waals surface area contributed by atoms with Crippen molar-refractivity contribution in [1.82, 2.24) is 9.97 Å². The monoisotopic (exact) mass is 411 g/mol. The molecule has 1 unspecified atom stereocenters. The summed E-state index contributed by atoms with van der Waals surface area (Å²) in [5, 5.41) is 12.0. The van der Waals surface area contributed by atoms with E-state index >= 15 is 0 Å². The van der Waals surface area contributed by atoms with E-state index in [0.717, 1.165) is 6.42 Å². The minimum atomic E-state index is -0.502. The van der Waals surface area contributed by atoms with Crippen molar-refractivity contribution in [3.8, 4) is 11.8 Å². The van der Waals surface area contributed by atoms with Crippen molar-refractivity contribution in [2.24, 2.45) is 5.92 Å². The largest absolute Gasteiger partial charge is 0.383 e. The molecule has 3 aromatic rings.